The number of benzene rings is 3. The Balaban J connectivity index is 1.94. The Bertz CT molecular complexity index is 1300. The number of aryl methyl sites for hydroxylation is 1. The molecule has 0 aliphatic rings. The summed E-state index contributed by atoms with van der Waals surface area (Å²) in [5.41, 5.74) is 3.65. The van der Waals surface area contributed by atoms with Gasteiger partial charge in [0.1, 0.15) is 0 Å². The Morgan fingerprint density at radius 3 is 2.45 bits per heavy atom. The number of carbonyl (C=O) groups excluding carboxylic acids is 1. The molecule has 1 aromatic heterocycles. The molecule has 0 saturated carbocycles. The van der Waals surface area contributed by atoms with Gasteiger partial charge in [-0.1, -0.05) is 71.8 Å². The molecule has 0 aliphatic heterocycles. The van der Waals surface area contributed by atoms with Crippen LogP contribution in [0.5, 0.6) is 0 Å². The Hall–Kier alpha value is -3.43. The number of hydrogen-bond acceptors (Lipinski definition) is 2. The molecule has 29 heavy (non-hydrogen) atoms. The molecule has 0 fully saturated rings. The maximum Gasteiger partial charge on any atom is 0.260 e. The Morgan fingerprint density at radius 2 is 1.69 bits per heavy atom. The largest absolute Gasteiger partial charge is 0.321 e. The van der Waals surface area contributed by atoms with Crippen molar-refractivity contribution in [1.29, 1.82) is 0 Å². The molecule has 142 valence electrons. The first kappa shape index (κ1) is 18.9. The van der Waals surface area contributed by atoms with E-state index in [1.54, 1.807) is 12.1 Å². The second-order valence-corrected chi connectivity index (χ2v) is 7.25. The Morgan fingerprint density at radius 1 is 0.966 bits per heavy atom. The van der Waals surface area contributed by atoms with Gasteiger partial charge in [0.25, 0.3) is 5.56 Å². The fourth-order valence-corrected chi connectivity index (χ4v) is 3.60. The number of rotatable bonds is 4. The third-order valence-electron chi connectivity index (χ3n) is 4.80. The van der Waals surface area contributed by atoms with E-state index in [-0.39, 0.29) is 11.3 Å². The van der Waals surface area contributed by atoms with Gasteiger partial charge in [-0.05, 0) is 48.4 Å². The van der Waals surface area contributed by atoms with Crippen LogP contribution in [0.4, 0.5) is 0 Å². The number of carbonyl (C=O) groups is 1. The molecule has 0 bridgehead atoms. The normalized spacial score (nSPS) is 11.2. The van der Waals surface area contributed by atoms with Crippen LogP contribution in [0.15, 0.2) is 83.7 Å². The van der Waals surface area contributed by atoms with Crippen molar-refractivity contribution in [1.82, 2.24) is 4.98 Å². The molecular formula is C25H18ClNO2. The first-order chi connectivity index (χ1) is 14.0. The lowest BCUT2D eigenvalue weighted by atomic mass is 9.93. The lowest BCUT2D eigenvalue weighted by molar-refractivity contribution is 0.104. The molecule has 0 radical (unpaired) electrons. The van der Waals surface area contributed by atoms with Crippen LogP contribution >= 0.6 is 11.6 Å². The minimum Gasteiger partial charge on any atom is -0.321 e. The molecule has 0 atom stereocenters. The maximum atomic E-state index is 13.1. The summed E-state index contributed by atoms with van der Waals surface area (Å²) in [6, 6.07) is 22.5. The number of aromatic nitrogens is 1. The number of H-pyrrole nitrogens is 1. The summed E-state index contributed by atoms with van der Waals surface area (Å²) in [4.78, 5) is 28.9. The van der Waals surface area contributed by atoms with Crippen LogP contribution in [-0.4, -0.2) is 10.8 Å². The molecule has 0 saturated heterocycles. The molecule has 0 unspecified atom stereocenters. The number of halogens is 1. The lowest BCUT2D eigenvalue weighted by Crippen LogP contribution is -2.18. The SMILES string of the molecule is Cc1ccc2[nH]c(=O)c(C(=O)/C=C/c3ccccc3Cl)c(-c3ccccc3)c2c1. The van der Waals surface area contributed by atoms with Crippen molar-refractivity contribution in [2.24, 2.45) is 0 Å². The third-order valence-corrected chi connectivity index (χ3v) is 5.14. The molecule has 3 aromatic carbocycles. The minimum absolute atomic E-state index is 0.123. The van der Waals surface area contributed by atoms with Crippen molar-refractivity contribution in [2.45, 2.75) is 6.92 Å². The molecule has 0 aliphatic carbocycles. The highest BCUT2D eigenvalue weighted by Crippen LogP contribution is 2.30. The summed E-state index contributed by atoms with van der Waals surface area (Å²) >= 11 is 6.18. The van der Waals surface area contributed by atoms with Crippen molar-refractivity contribution >= 4 is 34.4 Å². The van der Waals surface area contributed by atoms with E-state index in [1.165, 1.54) is 6.08 Å². The van der Waals surface area contributed by atoms with Crippen LogP contribution in [0.25, 0.3) is 28.1 Å². The third kappa shape index (κ3) is 3.78. The Labute approximate surface area is 173 Å². The van der Waals surface area contributed by atoms with Crippen LogP contribution < -0.4 is 5.56 Å². The van der Waals surface area contributed by atoms with Gasteiger partial charge in [-0.15, -0.1) is 0 Å². The zero-order valence-corrected chi connectivity index (χ0v) is 16.5. The quantitative estimate of drug-likeness (QED) is 0.335. The summed E-state index contributed by atoms with van der Waals surface area (Å²) in [6.07, 6.45) is 3.04. The van der Waals surface area contributed by atoms with Crippen molar-refractivity contribution in [2.75, 3.05) is 0 Å². The predicted octanol–water partition coefficient (Wildman–Crippen LogP) is 6.05. The van der Waals surface area contributed by atoms with Gasteiger partial charge in [0.05, 0.1) is 5.56 Å². The maximum absolute atomic E-state index is 13.1. The number of nitrogens with one attached hydrogen (secondary N) is 1. The molecule has 0 amide bonds. The summed E-state index contributed by atoms with van der Waals surface area (Å²) in [6.45, 7) is 1.98. The van der Waals surface area contributed by atoms with Gasteiger partial charge in [-0.25, -0.2) is 0 Å². The molecule has 4 rings (SSSR count). The summed E-state index contributed by atoms with van der Waals surface area (Å²) < 4.78 is 0. The van der Waals surface area contributed by atoms with E-state index in [0.717, 1.165) is 22.1 Å². The van der Waals surface area contributed by atoms with E-state index in [0.29, 0.717) is 16.1 Å². The van der Waals surface area contributed by atoms with Crippen molar-refractivity contribution < 1.29 is 4.79 Å². The number of allylic oxidation sites excluding steroid dienone is 1. The second-order valence-electron chi connectivity index (χ2n) is 6.84. The van der Waals surface area contributed by atoms with Crippen LogP contribution in [0.3, 0.4) is 0 Å². The van der Waals surface area contributed by atoms with E-state index in [2.05, 4.69) is 4.98 Å². The number of hydrogen-bond donors (Lipinski definition) is 1. The van der Waals surface area contributed by atoms with E-state index >= 15 is 0 Å². The van der Waals surface area contributed by atoms with Gasteiger partial charge in [-0.2, -0.15) is 0 Å². The molecule has 4 heteroatoms. The Kier molecular flexibility index (Phi) is 5.15. The highest BCUT2D eigenvalue weighted by Gasteiger charge is 2.19. The van der Waals surface area contributed by atoms with Crippen molar-refractivity contribution in [3.63, 3.8) is 0 Å². The summed E-state index contributed by atoms with van der Waals surface area (Å²) in [5.74, 6) is -0.367. The van der Waals surface area contributed by atoms with Crippen LogP contribution in [0.2, 0.25) is 5.02 Å². The van der Waals surface area contributed by atoms with Crippen molar-refractivity contribution in [3.05, 3.63) is 111 Å². The molecule has 1 N–H and O–H groups in total. The minimum atomic E-state index is -0.408. The van der Waals surface area contributed by atoms with Crippen LogP contribution in [0, 0.1) is 6.92 Å². The topological polar surface area (TPSA) is 49.9 Å². The fraction of sp³-hybridized carbons (Fsp3) is 0.0400. The van der Waals surface area contributed by atoms with Crippen LogP contribution in [0.1, 0.15) is 21.5 Å². The smallest absolute Gasteiger partial charge is 0.260 e. The number of ketones is 1. The molecule has 0 spiro atoms. The van der Waals surface area contributed by atoms with E-state index in [9.17, 15) is 9.59 Å². The van der Waals surface area contributed by atoms with E-state index in [1.807, 2.05) is 73.7 Å². The molecular weight excluding hydrogens is 382 g/mol. The van der Waals surface area contributed by atoms with Gasteiger partial charge < -0.3 is 4.98 Å². The van der Waals surface area contributed by atoms with Crippen LogP contribution in [-0.2, 0) is 0 Å². The summed E-state index contributed by atoms with van der Waals surface area (Å²) in [5, 5.41) is 1.38. The first-order valence-electron chi connectivity index (χ1n) is 9.23. The van der Waals surface area contributed by atoms with Gasteiger partial charge in [0, 0.05) is 21.5 Å². The van der Waals surface area contributed by atoms with Gasteiger partial charge in [-0.3, -0.25) is 9.59 Å². The second kappa shape index (κ2) is 7.90. The first-order valence-corrected chi connectivity index (χ1v) is 9.61. The monoisotopic (exact) mass is 399 g/mol. The van der Waals surface area contributed by atoms with Gasteiger partial charge in [0.2, 0.25) is 0 Å². The zero-order chi connectivity index (χ0) is 20.4. The lowest BCUT2D eigenvalue weighted by Gasteiger charge is -2.12. The van der Waals surface area contributed by atoms with Gasteiger partial charge >= 0.3 is 0 Å². The van der Waals surface area contributed by atoms with Gasteiger partial charge in [0.15, 0.2) is 5.78 Å². The average molecular weight is 400 g/mol. The fourth-order valence-electron chi connectivity index (χ4n) is 3.41. The highest BCUT2D eigenvalue weighted by molar-refractivity contribution is 6.32. The summed E-state index contributed by atoms with van der Waals surface area (Å²) in [7, 11) is 0. The predicted molar refractivity (Wildman–Crippen MR) is 120 cm³/mol. The van der Waals surface area contributed by atoms with E-state index in [4.69, 9.17) is 11.6 Å². The standard InChI is InChI=1S/C25H18ClNO2/c1-16-11-13-21-19(15-16)23(18-8-3-2-4-9-18)24(25(29)27-21)22(28)14-12-17-7-5-6-10-20(17)26/h2-15H,1H3,(H,27,29)/b14-12+. The van der Waals surface area contributed by atoms with Crippen molar-refractivity contribution in [3.8, 4) is 11.1 Å². The zero-order valence-electron chi connectivity index (χ0n) is 15.8. The number of aromatic amines is 1. The average Bonchev–Trinajstić information content (AvgIpc) is 2.73. The number of fused-ring (bicyclic) bond motifs is 1. The highest BCUT2D eigenvalue weighted by atomic mass is 35.5. The molecule has 3 nitrogen and oxygen atoms in total. The number of pyridine rings is 1. The van der Waals surface area contributed by atoms with E-state index < -0.39 is 5.56 Å². The molecule has 1 heterocycles. The molecule has 4 aromatic rings.